The zero-order chi connectivity index (χ0) is 13.7. The number of aromatic hydroxyl groups is 1. The number of anilines is 1. The van der Waals surface area contributed by atoms with Crippen molar-refractivity contribution in [3.05, 3.63) is 23.3 Å². The molecule has 0 bridgehead atoms. The van der Waals surface area contributed by atoms with Crippen molar-refractivity contribution in [1.82, 2.24) is 0 Å². The summed E-state index contributed by atoms with van der Waals surface area (Å²) >= 11 is 7.12. The Morgan fingerprint density at radius 2 is 1.89 bits per heavy atom. The predicted octanol–water partition coefficient (Wildman–Crippen LogP) is 4.62. The average Bonchev–Trinajstić information content (AvgIpc) is 2.42. The molecule has 0 fully saturated rings. The Kier molecular flexibility index (Phi) is 6.02. The zero-order valence-electron chi connectivity index (χ0n) is 11.1. The lowest BCUT2D eigenvalue weighted by Gasteiger charge is -2.19. The largest absolute Gasteiger partial charge is 0.506 e. The fraction of sp³-hybridized carbons (Fsp3) is 0.600. The molecule has 0 amide bonds. The molecule has 0 heterocycles. The molecule has 19 heavy (non-hydrogen) atoms. The van der Waals surface area contributed by atoms with Gasteiger partial charge in [-0.2, -0.15) is 0 Å². The van der Waals surface area contributed by atoms with Crippen molar-refractivity contribution in [2.45, 2.75) is 43.4 Å². The minimum atomic E-state index is 0.390. The first-order valence-electron chi connectivity index (χ1n) is 6.99. The number of halogens is 2. The molecular weight excluding hydrogens is 370 g/mol. The summed E-state index contributed by atoms with van der Waals surface area (Å²) in [5, 5.41) is 14.5. The summed E-state index contributed by atoms with van der Waals surface area (Å²) in [6, 6.07) is 4.08. The van der Waals surface area contributed by atoms with Crippen LogP contribution >= 0.6 is 31.9 Å². The van der Waals surface area contributed by atoms with Crippen molar-refractivity contribution in [1.29, 1.82) is 0 Å². The van der Waals surface area contributed by atoms with Gasteiger partial charge in [-0.25, -0.2) is 0 Å². The van der Waals surface area contributed by atoms with E-state index in [-0.39, 0.29) is 0 Å². The van der Waals surface area contributed by atoms with Crippen LogP contribution in [0.2, 0.25) is 0 Å². The number of nitrogens with one attached hydrogen (secondary N) is 1. The quantitative estimate of drug-likeness (QED) is 0.548. The number of alkyl halides is 2. The third-order valence-electron chi connectivity index (χ3n) is 3.63. The van der Waals surface area contributed by atoms with Gasteiger partial charge in [-0.1, -0.05) is 31.9 Å². The molecule has 2 rings (SSSR count). The second kappa shape index (κ2) is 7.53. The summed E-state index contributed by atoms with van der Waals surface area (Å²) in [5.41, 5.74) is 3.60. The average molecular weight is 391 g/mol. The normalized spacial score (nSPS) is 15.9. The lowest BCUT2D eigenvalue weighted by Crippen LogP contribution is -2.14. The first kappa shape index (κ1) is 15.2. The molecule has 0 saturated carbocycles. The number of fused-ring (bicyclic) bond motifs is 1. The van der Waals surface area contributed by atoms with E-state index in [1.54, 1.807) is 0 Å². The van der Waals surface area contributed by atoms with E-state index in [0.717, 1.165) is 43.2 Å². The Balaban J connectivity index is 1.96. The van der Waals surface area contributed by atoms with E-state index >= 15 is 0 Å². The lowest BCUT2D eigenvalue weighted by atomic mass is 9.91. The van der Waals surface area contributed by atoms with E-state index in [9.17, 15) is 5.11 Å². The first-order chi connectivity index (χ1) is 9.20. The van der Waals surface area contributed by atoms with E-state index in [0.29, 0.717) is 10.6 Å². The topological polar surface area (TPSA) is 32.3 Å². The number of phenols is 1. The Bertz CT molecular complexity index is 423. The molecule has 0 spiro atoms. The minimum absolute atomic E-state index is 0.390. The highest BCUT2D eigenvalue weighted by Crippen LogP contribution is 2.32. The van der Waals surface area contributed by atoms with E-state index in [2.05, 4.69) is 43.2 Å². The van der Waals surface area contributed by atoms with Crippen LogP contribution in [0.15, 0.2) is 12.1 Å². The summed E-state index contributed by atoms with van der Waals surface area (Å²) in [4.78, 5) is 0.445. The van der Waals surface area contributed by atoms with Crippen molar-refractivity contribution in [3.63, 3.8) is 0 Å². The summed E-state index contributed by atoms with van der Waals surface area (Å²) < 4.78 is 0. The van der Waals surface area contributed by atoms with Gasteiger partial charge >= 0.3 is 0 Å². The molecule has 106 valence electrons. The molecule has 2 nitrogen and oxygen atoms in total. The van der Waals surface area contributed by atoms with Gasteiger partial charge in [0.05, 0.1) is 5.69 Å². The van der Waals surface area contributed by atoms with E-state index in [1.165, 1.54) is 24.0 Å². The number of benzene rings is 1. The van der Waals surface area contributed by atoms with Gasteiger partial charge in [0.1, 0.15) is 5.75 Å². The van der Waals surface area contributed by atoms with Crippen molar-refractivity contribution >= 4 is 37.5 Å². The van der Waals surface area contributed by atoms with Crippen molar-refractivity contribution in [2.75, 3.05) is 17.2 Å². The molecule has 1 aliphatic carbocycles. The van der Waals surface area contributed by atoms with Gasteiger partial charge in [0, 0.05) is 16.7 Å². The molecule has 0 aromatic heterocycles. The third-order valence-corrected chi connectivity index (χ3v) is 4.97. The number of phenolic OH excluding ortho intramolecular Hbond substituents is 1. The summed E-state index contributed by atoms with van der Waals surface area (Å²) in [6.07, 6.45) is 7.05. The van der Waals surface area contributed by atoms with Gasteiger partial charge in [-0.05, 0) is 61.8 Å². The number of aryl methyl sites for hydroxylation is 2. The van der Waals surface area contributed by atoms with Crippen molar-refractivity contribution < 1.29 is 5.11 Å². The molecule has 1 aromatic carbocycles. The third kappa shape index (κ3) is 4.38. The molecular formula is C15H21Br2NO. The maximum atomic E-state index is 10.1. The summed E-state index contributed by atoms with van der Waals surface area (Å²) in [5.74, 6) is 0.390. The van der Waals surface area contributed by atoms with Crippen LogP contribution in [0.4, 0.5) is 5.69 Å². The number of hydrogen-bond acceptors (Lipinski definition) is 2. The number of rotatable bonds is 6. The Hall–Kier alpha value is -0.220. The molecule has 0 aliphatic heterocycles. The van der Waals surface area contributed by atoms with Crippen LogP contribution in [0.3, 0.4) is 0 Å². The fourth-order valence-electron chi connectivity index (χ4n) is 2.54. The molecule has 0 saturated heterocycles. The molecule has 1 unspecified atom stereocenters. The zero-order valence-corrected chi connectivity index (χ0v) is 14.3. The van der Waals surface area contributed by atoms with Crippen LogP contribution in [0.25, 0.3) is 0 Å². The summed E-state index contributed by atoms with van der Waals surface area (Å²) in [7, 11) is 0. The molecule has 1 aromatic rings. The maximum absolute atomic E-state index is 10.1. The van der Waals surface area contributed by atoms with Crippen LogP contribution < -0.4 is 5.32 Å². The van der Waals surface area contributed by atoms with E-state index in [4.69, 9.17) is 0 Å². The second-order valence-corrected chi connectivity index (χ2v) is 7.24. The Morgan fingerprint density at radius 1 is 1.21 bits per heavy atom. The molecule has 1 atom stereocenters. The predicted molar refractivity (Wildman–Crippen MR) is 89.0 cm³/mol. The fourth-order valence-corrected chi connectivity index (χ4v) is 3.35. The Morgan fingerprint density at radius 3 is 2.58 bits per heavy atom. The van der Waals surface area contributed by atoms with Gasteiger partial charge < -0.3 is 10.4 Å². The monoisotopic (exact) mass is 389 g/mol. The van der Waals surface area contributed by atoms with Crippen LogP contribution in [0.5, 0.6) is 5.75 Å². The minimum Gasteiger partial charge on any atom is -0.506 e. The summed E-state index contributed by atoms with van der Waals surface area (Å²) in [6.45, 7) is 0.847. The SMILES string of the molecule is Oc1cc2c(cc1NCC(Br)CCCBr)CCCC2. The van der Waals surface area contributed by atoms with Crippen LogP contribution in [0.1, 0.15) is 36.8 Å². The van der Waals surface area contributed by atoms with Crippen LogP contribution in [-0.2, 0) is 12.8 Å². The highest BCUT2D eigenvalue weighted by molar-refractivity contribution is 9.09. The van der Waals surface area contributed by atoms with Gasteiger partial charge in [0.25, 0.3) is 0 Å². The smallest absolute Gasteiger partial charge is 0.138 e. The molecule has 4 heteroatoms. The second-order valence-electron chi connectivity index (χ2n) is 5.15. The van der Waals surface area contributed by atoms with Crippen molar-refractivity contribution in [2.24, 2.45) is 0 Å². The van der Waals surface area contributed by atoms with Crippen molar-refractivity contribution in [3.8, 4) is 5.75 Å². The first-order valence-corrected chi connectivity index (χ1v) is 9.03. The van der Waals surface area contributed by atoms with Crippen LogP contribution in [0, 0.1) is 0 Å². The van der Waals surface area contributed by atoms with Crippen LogP contribution in [-0.4, -0.2) is 21.8 Å². The maximum Gasteiger partial charge on any atom is 0.138 e. The van der Waals surface area contributed by atoms with Gasteiger partial charge in [0.2, 0.25) is 0 Å². The van der Waals surface area contributed by atoms with Gasteiger partial charge in [-0.3, -0.25) is 0 Å². The van der Waals surface area contributed by atoms with Gasteiger partial charge in [-0.15, -0.1) is 0 Å². The Labute approximate surface area is 132 Å². The van der Waals surface area contributed by atoms with Gasteiger partial charge in [0.15, 0.2) is 0 Å². The molecule has 1 aliphatic rings. The standard InChI is InChI=1S/C15H21Br2NO/c16-7-3-6-13(17)10-18-14-8-11-4-1-2-5-12(11)9-15(14)19/h8-9,13,18-19H,1-7,10H2. The molecule has 2 N–H and O–H groups in total. The molecule has 0 radical (unpaired) electrons. The lowest BCUT2D eigenvalue weighted by molar-refractivity contribution is 0.475. The highest BCUT2D eigenvalue weighted by Gasteiger charge is 2.13. The number of hydrogen-bond donors (Lipinski definition) is 2. The van der Waals surface area contributed by atoms with E-state index in [1.807, 2.05) is 6.07 Å². The highest BCUT2D eigenvalue weighted by atomic mass is 79.9. The van der Waals surface area contributed by atoms with E-state index < -0.39 is 0 Å².